The zero-order valence-electron chi connectivity index (χ0n) is 23.0. The number of benzene rings is 4. The minimum absolute atomic E-state index is 0.0255. The van der Waals surface area contributed by atoms with Gasteiger partial charge in [-0.2, -0.15) is 0 Å². The molecule has 1 heterocycles. The number of nitrogens with zero attached hydrogens (tertiary/aromatic N) is 2. The molecule has 10 heteroatoms. The summed E-state index contributed by atoms with van der Waals surface area (Å²) in [5, 5.41) is 2.44. The van der Waals surface area contributed by atoms with Gasteiger partial charge in [-0.3, -0.25) is 14.4 Å². The summed E-state index contributed by atoms with van der Waals surface area (Å²) < 4.78 is 25.2. The molecule has 0 atom stereocenters. The Bertz CT molecular complexity index is 1650. The van der Waals surface area contributed by atoms with E-state index in [2.05, 4.69) is 5.32 Å². The Hall–Kier alpha value is -5.77. The van der Waals surface area contributed by atoms with E-state index in [1.54, 1.807) is 85.8 Å². The van der Waals surface area contributed by atoms with Gasteiger partial charge in [-0.1, -0.05) is 54.6 Å². The largest absolute Gasteiger partial charge is 0.490 e. The van der Waals surface area contributed by atoms with Crippen molar-refractivity contribution in [3.63, 3.8) is 0 Å². The van der Waals surface area contributed by atoms with Crippen molar-refractivity contribution in [3.05, 3.63) is 120 Å². The summed E-state index contributed by atoms with van der Waals surface area (Å²) in [7, 11) is 0. The lowest BCUT2D eigenvalue weighted by atomic mass is 10.0. The van der Waals surface area contributed by atoms with Crippen LogP contribution in [0.4, 0.5) is 26.2 Å². The Balaban J connectivity index is 1.44. The highest BCUT2D eigenvalue weighted by Gasteiger charge is 2.43. The molecule has 0 radical (unpaired) electrons. The monoisotopic (exact) mass is 579 g/mol. The third-order valence-electron chi connectivity index (χ3n) is 6.36. The van der Waals surface area contributed by atoms with Crippen molar-refractivity contribution in [2.24, 2.45) is 0 Å². The van der Waals surface area contributed by atoms with Gasteiger partial charge in [0.15, 0.2) is 18.1 Å². The Labute approximate surface area is 246 Å². The quantitative estimate of drug-likeness (QED) is 0.198. The number of hydrogen-bond donors (Lipinski definition) is 1. The van der Waals surface area contributed by atoms with E-state index in [9.17, 15) is 23.6 Å². The number of nitrogens with one attached hydrogen (secondary N) is 1. The zero-order chi connectivity index (χ0) is 30.3. The van der Waals surface area contributed by atoms with E-state index < -0.39 is 36.2 Å². The number of imide groups is 2. The lowest BCUT2D eigenvalue weighted by Crippen LogP contribution is -2.57. The van der Waals surface area contributed by atoms with E-state index in [4.69, 9.17) is 9.47 Å². The lowest BCUT2D eigenvalue weighted by Gasteiger charge is -2.33. The maximum atomic E-state index is 13.9. The third-order valence-corrected chi connectivity index (χ3v) is 6.36. The predicted molar refractivity (Wildman–Crippen MR) is 159 cm³/mol. The maximum Gasteiger partial charge on any atom is 0.343 e. The van der Waals surface area contributed by atoms with Crippen LogP contribution in [0.15, 0.2) is 109 Å². The molecule has 5 amide bonds. The van der Waals surface area contributed by atoms with Crippen LogP contribution in [0.1, 0.15) is 12.5 Å². The molecule has 0 aromatic heterocycles. The summed E-state index contributed by atoms with van der Waals surface area (Å²) in [6.07, 6.45) is 1.38. The standard InChI is InChI=1S/C33H26FN3O6/c1-2-42-29-20-22(17-18-28(29)43-21-30(38)35-27-16-10-9-15-26(27)34)19-25-31(39)36(23-11-5-3-6-12-23)33(41)37(32(25)40)24-13-7-4-8-14-24/h3-20H,2,21H2,1H3,(H,35,38). The lowest BCUT2D eigenvalue weighted by molar-refractivity contribution is -0.121. The second kappa shape index (κ2) is 12.8. The molecule has 5 rings (SSSR count). The third kappa shape index (κ3) is 6.28. The molecule has 0 aliphatic carbocycles. The van der Waals surface area contributed by atoms with Crippen molar-refractivity contribution in [3.8, 4) is 11.5 Å². The second-order valence-corrected chi connectivity index (χ2v) is 9.25. The Morgan fingerprint density at radius 2 is 1.35 bits per heavy atom. The molecular weight excluding hydrogens is 553 g/mol. The molecule has 4 aromatic rings. The highest BCUT2D eigenvalue weighted by Crippen LogP contribution is 2.32. The smallest absolute Gasteiger partial charge is 0.343 e. The minimum atomic E-state index is -0.794. The molecule has 9 nitrogen and oxygen atoms in total. The van der Waals surface area contributed by atoms with E-state index in [0.717, 1.165) is 9.80 Å². The van der Waals surface area contributed by atoms with E-state index >= 15 is 0 Å². The van der Waals surface area contributed by atoms with Gasteiger partial charge < -0.3 is 14.8 Å². The van der Waals surface area contributed by atoms with Crippen molar-refractivity contribution in [1.82, 2.24) is 0 Å². The first kappa shape index (κ1) is 28.7. The van der Waals surface area contributed by atoms with Crippen LogP contribution >= 0.6 is 0 Å². The van der Waals surface area contributed by atoms with Crippen LogP contribution < -0.4 is 24.6 Å². The first-order chi connectivity index (χ1) is 20.9. The van der Waals surface area contributed by atoms with Crippen molar-refractivity contribution in [2.45, 2.75) is 6.92 Å². The molecule has 0 bridgehead atoms. The molecule has 216 valence electrons. The fraction of sp³-hybridized carbons (Fsp3) is 0.0909. The number of urea groups is 1. The van der Waals surface area contributed by atoms with E-state index in [1.807, 2.05) is 0 Å². The molecule has 1 saturated heterocycles. The van der Waals surface area contributed by atoms with Crippen LogP contribution in [-0.2, 0) is 14.4 Å². The van der Waals surface area contributed by atoms with Gasteiger partial charge in [0.2, 0.25) is 0 Å². The van der Waals surface area contributed by atoms with Crippen molar-refractivity contribution in [2.75, 3.05) is 28.3 Å². The summed E-state index contributed by atoms with van der Waals surface area (Å²) in [6.45, 7) is 1.59. The van der Waals surface area contributed by atoms with Gasteiger partial charge in [0.05, 0.1) is 23.7 Å². The van der Waals surface area contributed by atoms with Gasteiger partial charge in [-0.25, -0.2) is 19.0 Å². The van der Waals surface area contributed by atoms with Crippen LogP contribution in [-0.4, -0.2) is 37.0 Å². The van der Waals surface area contributed by atoms with Gasteiger partial charge >= 0.3 is 6.03 Å². The van der Waals surface area contributed by atoms with Gasteiger partial charge in [-0.15, -0.1) is 0 Å². The number of carbonyl (C=O) groups excluding carboxylic acids is 4. The minimum Gasteiger partial charge on any atom is -0.490 e. The number of halogens is 1. The topological polar surface area (TPSA) is 105 Å². The van der Waals surface area contributed by atoms with Gasteiger partial charge in [0, 0.05) is 0 Å². The Morgan fingerprint density at radius 3 is 1.93 bits per heavy atom. The van der Waals surface area contributed by atoms with E-state index in [-0.39, 0.29) is 29.4 Å². The summed E-state index contributed by atoms with van der Waals surface area (Å²) in [5.74, 6) is -2.24. The van der Waals surface area contributed by atoms with Crippen molar-refractivity contribution < 1.29 is 33.0 Å². The number of ether oxygens (including phenoxy) is 2. The molecule has 43 heavy (non-hydrogen) atoms. The first-order valence-corrected chi connectivity index (χ1v) is 13.4. The summed E-state index contributed by atoms with van der Waals surface area (Å²) in [6, 6.07) is 26.3. The first-order valence-electron chi connectivity index (χ1n) is 13.4. The van der Waals surface area contributed by atoms with E-state index in [0.29, 0.717) is 16.9 Å². The molecule has 1 fully saturated rings. The Kier molecular flexibility index (Phi) is 8.57. The second-order valence-electron chi connectivity index (χ2n) is 9.25. The summed E-state index contributed by atoms with van der Waals surface area (Å²) >= 11 is 0. The molecule has 1 aliphatic heterocycles. The highest BCUT2D eigenvalue weighted by atomic mass is 19.1. The molecule has 0 unspecified atom stereocenters. The van der Waals surface area contributed by atoms with Crippen LogP contribution in [0.3, 0.4) is 0 Å². The summed E-state index contributed by atoms with van der Waals surface area (Å²) in [4.78, 5) is 55.0. The van der Waals surface area contributed by atoms with Crippen LogP contribution in [0.25, 0.3) is 6.08 Å². The average molecular weight is 580 g/mol. The highest BCUT2D eigenvalue weighted by molar-refractivity contribution is 6.46. The number of carbonyl (C=O) groups is 4. The van der Waals surface area contributed by atoms with Gasteiger partial charge in [0.25, 0.3) is 17.7 Å². The molecule has 1 N–H and O–H groups in total. The van der Waals surface area contributed by atoms with Gasteiger partial charge in [0.1, 0.15) is 11.4 Å². The number of amides is 5. The fourth-order valence-corrected chi connectivity index (χ4v) is 4.40. The maximum absolute atomic E-state index is 13.9. The molecule has 4 aromatic carbocycles. The number of para-hydroxylation sites is 3. The zero-order valence-corrected chi connectivity index (χ0v) is 23.0. The predicted octanol–water partition coefficient (Wildman–Crippen LogP) is 5.83. The van der Waals surface area contributed by atoms with E-state index in [1.165, 1.54) is 30.3 Å². The average Bonchev–Trinajstić information content (AvgIpc) is 3.01. The normalized spacial score (nSPS) is 13.2. The molecule has 0 spiro atoms. The summed E-state index contributed by atoms with van der Waals surface area (Å²) in [5.41, 5.74) is 0.817. The molecule has 1 aliphatic rings. The van der Waals surface area contributed by atoms with Gasteiger partial charge in [-0.05, 0) is 67.1 Å². The number of anilines is 3. The fourth-order valence-electron chi connectivity index (χ4n) is 4.40. The SMILES string of the molecule is CCOc1cc(C=C2C(=O)N(c3ccccc3)C(=O)N(c3ccccc3)C2=O)ccc1OCC(=O)Nc1ccccc1F. The molecule has 0 saturated carbocycles. The molecular formula is C33H26FN3O6. The van der Waals surface area contributed by atoms with Crippen LogP contribution in [0.2, 0.25) is 0 Å². The number of hydrogen-bond acceptors (Lipinski definition) is 6. The van der Waals surface area contributed by atoms with Crippen molar-refractivity contribution in [1.29, 1.82) is 0 Å². The number of barbiturate groups is 1. The van der Waals surface area contributed by atoms with Crippen LogP contribution in [0, 0.1) is 5.82 Å². The Morgan fingerprint density at radius 1 is 0.767 bits per heavy atom. The van der Waals surface area contributed by atoms with Crippen molar-refractivity contribution >= 4 is 46.9 Å². The van der Waals surface area contributed by atoms with Crippen LogP contribution in [0.5, 0.6) is 11.5 Å². The number of rotatable bonds is 9.